The summed E-state index contributed by atoms with van der Waals surface area (Å²) in [6.07, 6.45) is 1.11. The molecular formula is C38H35P3+2. The molecule has 0 aliphatic heterocycles. The lowest BCUT2D eigenvalue weighted by molar-refractivity contribution is 1.52. The monoisotopic (exact) mass is 584 g/mol. The van der Waals surface area contributed by atoms with Crippen LogP contribution in [0.15, 0.2) is 182 Å². The van der Waals surface area contributed by atoms with E-state index in [2.05, 4.69) is 189 Å². The average Bonchev–Trinajstić information content (AvgIpc) is 3.07. The summed E-state index contributed by atoms with van der Waals surface area (Å²) in [5.41, 5.74) is 0. The van der Waals surface area contributed by atoms with Crippen LogP contribution in [0.2, 0.25) is 0 Å². The van der Waals surface area contributed by atoms with Crippen LogP contribution in [-0.4, -0.2) is 6.16 Å². The van der Waals surface area contributed by atoms with E-state index in [0.717, 1.165) is 6.16 Å². The van der Waals surface area contributed by atoms with Gasteiger partial charge in [0.1, 0.15) is 31.8 Å². The molecule has 0 N–H and O–H groups in total. The minimum atomic E-state index is -2.17. The van der Waals surface area contributed by atoms with Crippen molar-refractivity contribution in [3.8, 4) is 0 Å². The molecule has 200 valence electrons. The molecule has 0 aliphatic carbocycles. The zero-order valence-corrected chi connectivity index (χ0v) is 26.1. The minimum absolute atomic E-state index is 0.689. The zero-order chi connectivity index (χ0) is 28.0. The summed E-state index contributed by atoms with van der Waals surface area (Å²) in [6.45, 7) is -1.88. The quantitative estimate of drug-likeness (QED) is 0.150. The van der Waals surface area contributed by atoms with Crippen molar-refractivity contribution in [3.63, 3.8) is 0 Å². The molecule has 0 unspecified atom stereocenters. The topological polar surface area (TPSA) is 0 Å². The predicted molar refractivity (Wildman–Crippen MR) is 188 cm³/mol. The molecule has 0 fully saturated rings. The normalized spacial score (nSPS) is 11.9. The summed E-state index contributed by atoms with van der Waals surface area (Å²) in [5, 5.41) is 8.82. The van der Waals surface area contributed by atoms with Crippen LogP contribution in [0.5, 0.6) is 0 Å². The molecule has 3 heteroatoms. The van der Waals surface area contributed by atoms with E-state index in [9.17, 15) is 0 Å². The fraction of sp³-hybridized carbons (Fsp3) is 0.0526. The number of benzene rings is 6. The Morgan fingerprint density at radius 1 is 0.317 bits per heavy atom. The van der Waals surface area contributed by atoms with E-state index in [1.807, 2.05) is 0 Å². The number of hydrogen-bond donors (Lipinski definition) is 0. The van der Waals surface area contributed by atoms with Gasteiger partial charge in [0.2, 0.25) is 7.30 Å². The Hall–Kier alpha value is -3.39. The van der Waals surface area contributed by atoms with E-state index in [4.69, 9.17) is 0 Å². The van der Waals surface area contributed by atoms with Crippen molar-refractivity contribution in [1.29, 1.82) is 0 Å². The van der Waals surface area contributed by atoms with Gasteiger partial charge in [-0.25, -0.2) is 0 Å². The third-order valence-corrected chi connectivity index (χ3v) is 30.8. The first-order chi connectivity index (χ1) is 20.3. The molecule has 0 aliphatic rings. The summed E-state index contributed by atoms with van der Waals surface area (Å²) >= 11 is 0. The fourth-order valence-electron chi connectivity index (χ4n) is 6.18. The molecule has 0 amide bonds. The lowest BCUT2D eigenvalue weighted by Crippen LogP contribution is -2.36. The highest BCUT2D eigenvalue weighted by Crippen LogP contribution is 3.00. The Kier molecular flexibility index (Phi) is 8.56. The van der Waals surface area contributed by atoms with Crippen LogP contribution in [0.3, 0.4) is 0 Å². The molecular weight excluding hydrogens is 549 g/mol. The van der Waals surface area contributed by atoms with Gasteiger partial charge in [0.05, 0.1) is 0 Å². The van der Waals surface area contributed by atoms with Crippen molar-refractivity contribution >= 4 is 53.0 Å². The molecule has 6 aromatic rings. The van der Waals surface area contributed by atoms with Crippen molar-refractivity contribution in [1.82, 2.24) is 0 Å². The van der Waals surface area contributed by atoms with E-state index in [-0.39, 0.29) is 0 Å². The second-order valence-electron chi connectivity index (χ2n) is 9.97. The van der Waals surface area contributed by atoms with Gasteiger partial charge >= 0.3 is 0 Å². The van der Waals surface area contributed by atoms with Crippen LogP contribution < -0.4 is 31.8 Å². The molecule has 0 spiro atoms. The summed E-state index contributed by atoms with van der Waals surface area (Å²) in [5.74, 6) is 0. The summed E-state index contributed by atoms with van der Waals surface area (Å²) in [6, 6.07) is 68.8. The van der Waals surface area contributed by atoms with Crippen LogP contribution in [0, 0.1) is 0 Å². The molecule has 0 nitrogen and oxygen atoms in total. The van der Waals surface area contributed by atoms with Crippen LogP contribution in [-0.2, 0) is 0 Å². The lowest BCUT2D eigenvalue weighted by Gasteiger charge is -2.39. The van der Waals surface area contributed by atoms with E-state index < -0.39 is 21.2 Å². The molecule has 6 aromatic carbocycles. The average molecular weight is 585 g/mol. The summed E-state index contributed by atoms with van der Waals surface area (Å²) < 4.78 is 0. The van der Waals surface area contributed by atoms with Gasteiger partial charge in [0.15, 0.2) is 13.9 Å². The second-order valence-corrected chi connectivity index (χ2v) is 24.4. The first-order valence-corrected chi connectivity index (χ1v) is 20.7. The molecule has 0 saturated carbocycles. The Bertz CT molecular complexity index is 1320. The van der Waals surface area contributed by atoms with Crippen LogP contribution >= 0.6 is 21.2 Å². The highest BCUT2D eigenvalue weighted by molar-refractivity contribution is 8.78. The van der Waals surface area contributed by atoms with Crippen LogP contribution in [0.4, 0.5) is 0 Å². The van der Waals surface area contributed by atoms with Gasteiger partial charge in [-0.1, -0.05) is 116 Å². The van der Waals surface area contributed by atoms with Gasteiger partial charge in [-0.3, -0.25) is 0 Å². The molecule has 6 rings (SSSR count). The molecule has 0 saturated heterocycles. The Morgan fingerprint density at radius 3 is 0.634 bits per heavy atom. The SMILES string of the molecule is CCP([P+](c1ccccc1)(c1ccccc1)c1ccccc1)[P+](c1ccccc1)(c1ccccc1)c1ccccc1. The highest BCUT2D eigenvalue weighted by Gasteiger charge is 2.69. The van der Waals surface area contributed by atoms with Gasteiger partial charge in [-0.05, 0) is 72.8 Å². The minimum Gasteiger partial charge on any atom is -0.0620 e. The summed E-state index contributed by atoms with van der Waals surface area (Å²) in [7, 11) is -0.689. The van der Waals surface area contributed by atoms with Crippen LogP contribution in [0.1, 0.15) is 6.92 Å². The molecule has 41 heavy (non-hydrogen) atoms. The predicted octanol–water partition coefficient (Wildman–Crippen LogP) is 8.31. The van der Waals surface area contributed by atoms with E-state index in [0.29, 0.717) is 0 Å². The van der Waals surface area contributed by atoms with Crippen molar-refractivity contribution < 1.29 is 0 Å². The largest absolute Gasteiger partial charge is 0.240 e. The highest BCUT2D eigenvalue weighted by atomic mass is 32.5. The van der Waals surface area contributed by atoms with Gasteiger partial charge < -0.3 is 0 Å². The van der Waals surface area contributed by atoms with Gasteiger partial charge in [-0.2, -0.15) is 0 Å². The maximum absolute atomic E-state index is 2.46. The first kappa shape index (κ1) is 27.8. The number of hydrogen-bond acceptors (Lipinski definition) is 0. The maximum atomic E-state index is 2.46. The van der Waals surface area contributed by atoms with Crippen molar-refractivity contribution in [2.24, 2.45) is 0 Å². The molecule has 0 heterocycles. The fourth-order valence-corrected chi connectivity index (χ4v) is 34.6. The van der Waals surface area contributed by atoms with E-state index >= 15 is 0 Å². The van der Waals surface area contributed by atoms with E-state index in [1.54, 1.807) is 0 Å². The maximum Gasteiger partial charge on any atom is 0.240 e. The van der Waals surface area contributed by atoms with Crippen molar-refractivity contribution in [2.75, 3.05) is 6.16 Å². The van der Waals surface area contributed by atoms with Gasteiger partial charge in [-0.15, -0.1) is 0 Å². The lowest BCUT2D eigenvalue weighted by atomic mass is 10.4. The number of rotatable bonds is 9. The second kappa shape index (κ2) is 12.6. The Morgan fingerprint density at radius 2 is 0.488 bits per heavy atom. The smallest absolute Gasteiger partial charge is 0.0620 e. The summed E-state index contributed by atoms with van der Waals surface area (Å²) in [4.78, 5) is 0. The van der Waals surface area contributed by atoms with Crippen molar-refractivity contribution in [3.05, 3.63) is 182 Å². The Balaban J connectivity index is 1.84. The molecule has 0 atom stereocenters. The molecule has 0 radical (unpaired) electrons. The zero-order valence-electron chi connectivity index (χ0n) is 23.4. The first-order valence-electron chi connectivity index (χ1n) is 14.2. The third kappa shape index (κ3) is 4.90. The third-order valence-electron chi connectivity index (χ3n) is 7.75. The Labute approximate surface area is 247 Å². The molecule has 0 bridgehead atoms. The van der Waals surface area contributed by atoms with E-state index in [1.165, 1.54) is 31.8 Å². The van der Waals surface area contributed by atoms with Gasteiger partial charge in [0.25, 0.3) is 0 Å². The molecule has 0 aromatic heterocycles. The standard InChI is InChI=1S/C38H35P3/c1-2-39(40(33-21-9-3-10-22-33,34-23-11-4-12-24-34)35-25-13-5-14-26-35)41(36-27-15-6-16-28-36,37-29-17-7-18-30-37)38-31-19-8-20-32-38/h3-32H,2H2,1H3/q+2. The van der Waals surface area contributed by atoms with Gasteiger partial charge in [0, 0.05) is 6.16 Å². The van der Waals surface area contributed by atoms with Crippen LogP contribution in [0.25, 0.3) is 0 Å². The van der Waals surface area contributed by atoms with Crippen molar-refractivity contribution in [2.45, 2.75) is 6.92 Å².